The van der Waals surface area contributed by atoms with E-state index in [1.54, 1.807) is 6.92 Å². The van der Waals surface area contributed by atoms with Crippen molar-refractivity contribution in [1.29, 1.82) is 0 Å². The number of nitrogens with zero attached hydrogens (tertiary/aromatic N) is 2. The Hall–Kier alpha value is -2.30. The summed E-state index contributed by atoms with van der Waals surface area (Å²) in [6, 6.07) is 9.15. The summed E-state index contributed by atoms with van der Waals surface area (Å²) in [5.41, 5.74) is 7.40. The van der Waals surface area contributed by atoms with Gasteiger partial charge in [0.2, 0.25) is 0 Å². The molecular formula is C13H16N4O. The summed E-state index contributed by atoms with van der Waals surface area (Å²) in [5.74, 6) is 1.26. The molecule has 0 unspecified atom stereocenters. The van der Waals surface area contributed by atoms with Crippen LogP contribution in [0.4, 0.5) is 11.5 Å². The second-order valence-corrected chi connectivity index (χ2v) is 4.29. The summed E-state index contributed by atoms with van der Waals surface area (Å²) >= 11 is 0. The van der Waals surface area contributed by atoms with Gasteiger partial charge in [0, 0.05) is 25.3 Å². The van der Waals surface area contributed by atoms with Gasteiger partial charge in [0.05, 0.1) is 0 Å². The maximum Gasteiger partial charge on any atom is 0.252 e. The Kier molecular flexibility index (Phi) is 3.32. The number of aromatic amines is 1. The summed E-state index contributed by atoms with van der Waals surface area (Å²) in [7, 11) is 1.89. The Balaban J connectivity index is 2.21. The van der Waals surface area contributed by atoms with Crippen molar-refractivity contribution < 1.29 is 0 Å². The van der Waals surface area contributed by atoms with Gasteiger partial charge in [0.25, 0.3) is 5.56 Å². The highest BCUT2D eigenvalue weighted by Crippen LogP contribution is 2.13. The van der Waals surface area contributed by atoms with E-state index in [-0.39, 0.29) is 5.56 Å². The number of H-pyrrole nitrogens is 1. The van der Waals surface area contributed by atoms with Crippen LogP contribution in [0.1, 0.15) is 11.4 Å². The zero-order valence-corrected chi connectivity index (χ0v) is 10.5. The Bertz CT molecular complexity index is 606. The maximum atomic E-state index is 11.4. The van der Waals surface area contributed by atoms with Crippen molar-refractivity contribution >= 4 is 11.5 Å². The van der Waals surface area contributed by atoms with Crippen LogP contribution in [0, 0.1) is 6.92 Å². The molecule has 1 aromatic heterocycles. The summed E-state index contributed by atoms with van der Waals surface area (Å²) in [4.78, 5) is 20.2. The van der Waals surface area contributed by atoms with E-state index in [9.17, 15) is 4.79 Å². The second kappa shape index (κ2) is 4.91. The van der Waals surface area contributed by atoms with Crippen LogP contribution in [0.3, 0.4) is 0 Å². The lowest BCUT2D eigenvalue weighted by Crippen LogP contribution is -2.21. The third-order valence-corrected chi connectivity index (χ3v) is 2.61. The smallest absolute Gasteiger partial charge is 0.252 e. The zero-order chi connectivity index (χ0) is 13.1. The van der Waals surface area contributed by atoms with Gasteiger partial charge in [-0.05, 0) is 24.6 Å². The number of hydrogen-bond acceptors (Lipinski definition) is 4. The van der Waals surface area contributed by atoms with Crippen LogP contribution in [-0.4, -0.2) is 17.0 Å². The lowest BCUT2D eigenvalue weighted by Gasteiger charge is -2.18. The van der Waals surface area contributed by atoms with Gasteiger partial charge in [-0.1, -0.05) is 12.1 Å². The van der Waals surface area contributed by atoms with Crippen molar-refractivity contribution in [3.05, 3.63) is 52.1 Å². The van der Waals surface area contributed by atoms with Crippen molar-refractivity contribution in [3.63, 3.8) is 0 Å². The molecule has 0 atom stereocenters. The van der Waals surface area contributed by atoms with Crippen molar-refractivity contribution in [2.75, 3.05) is 17.7 Å². The third kappa shape index (κ3) is 2.88. The Morgan fingerprint density at radius 2 is 2.17 bits per heavy atom. The lowest BCUT2D eigenvalue weighted by atomic mass is 10.2. The van der Waals surface area contributed by atoms with Gasteiger partial charge in [0.15, 0.2) is 0 Å². The SMILES string of the molecule is Cc1nc(N(C)Cc2cccc(N)c2)cc(=O)[nH]1. The van der Waals surface area contributed by atoms with E-state index >= 15 is 0 Å². The van der Waals surface area contributed by atoms with Crippen LogP contribution in [0.5, 0.6) is 0 Å². The first kappa shape index (κ1) is 12.2. The highest BCUT2D eigenvalue weighted by atomic mass is 16.1. The molecule has 0 aliphatic heterocycles. The van der Waals surface area contributed by atoms with E-state index in [1.807, 2.05) is 36.2 Å². The molecular weight excluding hydrogens is 228 g/mol. The molecule has 2 aromatic rings. The molecule has 3 N–H and O–H groups in total. The average molecular weight is 244 g/mol. The van der Waals surface area contributed by atoms with Crippen molar-refractivity contribution in [3.8, 4) is 0 Å². The molecule has 0 bridgehead atoms. The number of rotatable bonds is 3. The van der Waals surface area contributed by atoms with Crippen molar-refractivity contribution in [2.45, 2.75) is 13.5 Å². The molecule has 2 rings (SSSR count). The number of anilines is 2. The molecule has 0 aliphatic rings. The first-order valence-electron chi connectivity index (χ1n) is 5.68. The highest BCUT2D eigenvalue weighted by Gasteiger charge is 2.05. The van der Waals surface area contributed by atoms with E-state index in [0.717, 1.165) is 11.3 Å². The molecule has 0 saturated carbocycles. The highest BCUT2D eigenvalue weighted by molar-refractivity contribution is 5.43. The number of aryl methyl sites for hydroxylation is 1. The Labute approximate surface area is 105 Å². The molecule has 0 fully saturated rings. The maximum absolute atomic E-state index is 11.4. The van der Waals surface area contributed by atoms with Crippen molar-refractivity contribution in [2.24, 2.45) is 0 Å². The minimum Gasteiger partial charge on any atom is -0.399 e. The molecule has 0 aliphatic carbocycles. The normalized spacial score (nSPS) is 10.3. The van der Waals surface area contributed by atoms with E-state index in [1.165, 1.54) is 6.07 Å². The van der Waals surface area contributed by atoms with Crippen LogP contribution in [0.25, 0.3) is 0 Å². The summed E-state index contributed by atoms with van der Waals surface area (Å²) in [6.07, 6.45) is 0. The number of nitrogen functional groups attached to an aromatic ring is 1. The largest absolute Gasteiger partial charge is 0.399 e. The van der Waals surface area contributed by atoms with Gasteiger partial charge in [0.1, 0.15) is 11.6 Å². The molecule has 0 saturated heterocycles. The monoisotopic (exact) mass is 244 g/mol. The fourth-order valence-electron chi connectivity index (χ4n) is 1.81. The fourth-order valence-corrected chi connectivity index (χ4v) is 1.81. The summed E-state index contributed by atoms with van der Waals surface area (Å²) < 4.78 is 0. The molecule has 0 spiro atoms. The zero-order valence-electron chi connectivity index (χ0n) is 10.5. The van der Waals surface area contributed by atoms with Gasteiger partial charge in [-0.25, -0.2) is 4.98 Å². The van der Waals surface area contributed by atoms with Crippen LogP contribution in [0.15, 0.2) is 35.1 Å². The first-order valence-corrected chi connectivity index (χ1v) is 5.68. The molecule has 18 heavy (non-hydrogen) atoms. The predicted molar refractivity (Wildman–Crippen MR) is 72.6 cm³/mol. The fraction of sp³-hybridized carbons (Fsp3) is 0.231. The second-order valence-electron chi connectivity index (χ2n) is 4.29. The summed E-state index contributed by atoms with van der Waals surface area (Å²) in [5, 5.41) is 0. The van der Waals surface area contributed by atoms with Gasteiger partial charge in [-0.3, -0.25) is 4.79 Å². The number of aromatic nitrogens is 2. The molecule has 1 aromatic carbocycles. The number of hydrogen-bond donors (Lipinski definition) is 2. The quantitative estimate of drug-likeness (QED) is 0.798. The number of nitrogens with two attached hydrogens (primary N) is 1. The molecule has 94 valence electrons. The van der Waals surface area contributed by atoms with E-state index in [2.05, 4.69) is 9.97 Å². The van der Waals surface area contributed by atoms with Crippen LogP contribution >= 0.6 is 0 Å². The topological polar surface area (TPSA) is 75.0 Å². The van der Waals surface area contributed by atoms with Crippen molar-refractivity contribution in [1.82, 2.24) is 9.97 Å². The Morgan fingerprint density at radius 3 is 2.83 bits per heavy atom. The van der Waals surface area contributed by atoms with Gasteiger partial charge >= 0.3 is 0 Å². The van der Waals surface area contributed by atoms with Gasteiger partial charge in [-0.15, -0.1) is 0 Å². The van der Waals surface area contributed by atoms with Crippen LogP contribution < -0.4 is 16.2 Å². The van der Waals surface area contributed by atoms with Gasteiger partial charge in [-0.2, -0.15) is 0 Å². The average Bonchev–Trinajstić information content (AvgIpc) is 2.27. The third-order valence-electron chi connectivity index (χ3n) is 2.61. The van der Waals surface area contributed by atoms with Gasteiger partial charge < -0.3 is 15.6 Å². The van der Waals surface area contributed by atoms with E-state index in [0.29, 0.717) is 18.2 Å². The molecule has 1 heterocycles. The standard InChI is InChI=1S/C13H16N4O/c1-9-15-12(7-13(18)16-9)17(2)8-10-4-3-5-11(14)6-10/h3-7H,8,14H2,1-2H3,(H,15,16,18). The Morgan fingerprint density at radius 1 is 1.39 bits per heavy atom. The molecule has 0 amide bonds. The summed E-state index contributed by atoms with van der Waals surface area (Å²) in [6.45, 7) is 2.42. The van der Waals surface area contributed by atoms with E-state index in [4.69, 9.17) is 5.73 Å². The molecule has 5 heteroatoms. The lowest BCUT2D eigenvalue weighted by molar-refractivity contribution is 0.873. The number of nitrogens with one attached hydrogen (secondary N) is 1. The number of benzene rings is 1. The minimum atomic E-state index is -0.142. The molecule has 0 radical (unpaired) electrons. The predicted octanol–water partition coefficient (Wildman–Crippen LogP) is 1.30. The minimum absolute atomic E-state index is 0.142. The first-order chi connectivity index (χ1) is 8.54. The van der Waals surface area contributed by atoms with E-state index < -0.39 is 0 Å². The molecule has 5 nitrogen and oxygen atoms in total. The van der Waals surface area contributed by atoms with Crippen LogP contribution in [-0.2, 0) is 6.54 Å². The van der Waals surface area contributed by atoms with Crippen LogP contribution in [0.2, 0.25) is 0 Å².